The minimum absolute atomic E-state index is 0.0831. The number of rotatable bonds is 3. The lowest BCUT2D eigenvalue weighted by Gasteiger charge is -2.27. The van der Waals surface area contributed by atoms with E-state index in [9.17, 15) is 14.7 Å². The molecule has 1 fully saturated rings. The van der Waals surface area contributed by atoms with Crippen LogP contribution in [-0.2, 0) is 16.0 Å². The van der Waals surface area contributed by atoms with Crippen LogP contribution in [0, 0.1) is 5.92 Å². The van der Waals surface area contributed by atoms with Crippen molar-refractivity contribution < 1.29 is 14.7 Å². The number of imide groups is 1. The molecule has 21 heavy (non-hydrogen) atoms. The van der Waals surface area contributed by atoms with Crippen LogP contribution in [0.2, 0.25) is 0 Å². The summed E-state index contributed by atoms with van der Waals surface area (Å²) in [5, 5.41) is 9.84. The summed E-state index contributed by atoms with van der Waals surface area (Å²) in [5.74, 6) is -0.832. The third-order valence-corrected chi connectivity index (χ3v) is 4.33. The Hall–Kier alpha value is -1.94. The van der Waals surface area contributed by atoms with Gasteiger partial charge >= 0.3 is 0 Å². The van der Waals surface area contributed by atoms with E-state index < -0.39 is 12.0 Å². The van der Waals surface area contributed by atoms with Crippen molar-refractivity contribution in [1.82, 2.24) is 4.90 Å². The molecule has 110 valence electrons. The number of nitrogens with zero attached hydrogens (tertiary/aromatic N) is 1. The second-order valence-corrected chi connectivity index (χ2v) is 5.75. The molecule has 0 spiro atoms. The van der Waals surface area contributed by atoms with E-state index in [2.05, 4.69) is 0 Å². The van der Waals surface area contributed by atoms with Crippen molar-refractivity contribution in [3.63, 3.8) is 0 Å². The molecule has 1 aromatic carbocycles. The SMILES string of the molecule is O=C1CC[C@@H](Cc2ccccc2)N1C(=O)[C@H]1CC=C[C@@H]1O. The molecule has 4 nitrogen and oxygen atoms in total. The van der Waals surface area contributed by atoms with Crippen LogP contribution in [0.25, 0.3) is 0 Å². The smallest absolute Gasteiger partial charge is 0.235 e. The first-order chi connectivity index (χ1) is 10.2. The maximum absolute atomic E-state index is 12.6. The Labute approximate surface area is 124 Å². The first kappa shape index (κ1) is 14.0. The quantitative estimate of drug-likeness (QED) is 0.679. The molecule has 3 rings (SSSR count). The van der Waals surface area contributed by atoms with Gasteiger partial charge in [-0.15, -0.1) is 0 Å². The molecule has 0 radical (unpaired) electrons. The van der Waals surface area contributed by atoms with Crippen LogP contribution in [0.1, 0.15) is 24.8 Å². The van der Waals surface area contributed by atoms with Crippen molar-refractivity contribution in [3.05, 3.63) is 48.0 Å². The van der Waals surface area contributed by atoms with Crippen LogP contribution in [0.15, 0.2) is 42.5 Å². The number of allylic oxidation sites excluding steroid dienone is 1. The summed E-state index contributed by atoms with van der Waals surface area (Å²) >= 11 is 0. The number of aliphatic hydroxyl groups is 1. The molecule has 2 amide bonds. The third kappa shape index (κ3) is 2.76. The second kappa shape index (κ2) is 5.82. The third-order valence-electron chi connectivity index (χ3n) is 4.33. The van der Waals surface area contributed by atoms with Gasteiger partial charge in [-0.3, -0.25) is 14.5 Å². The summed E-state index contributed by atoms with van der Waals surface area (Å²) in [7, 11) is 0. The van der Waals surface area contributed by atoms with Crippen molar-refractivity contribution >= 4 is 11.8 Å². The Balaban J connectivity index is 1.75. The van der Waals surface area contributed by atoms with Crippen molar-refractivity contribution in [2.45, 2.75) is 37.8 Å². The lowest BCUT2D eigenvalue weighted by atomic mass is 10.00. The van der Waals surface area contributed by atoms with Gasteiger partial charge in [-0.05, 0) is 24.8 Å². The van der Waals surface area contributed by atoms with Crippen molar-refractivity contribution in [2.75, 3.05) is 0 Å². The zero-order chi connectivity index (χ0) is 14.8. The maximum atomic E-state index is 12.6. The van der Waals surface area contributed by atoms with Gasteiger partial charge in [0.05, 0.1) is 12.0 Å². The Bertz CT molecular complexity index is 567. The molecule has 2 aliphatic rings. The molecule has 4 heteroatoms. The number of amides is 2. The summed E-state index contributed by atoms with van der Waals surface area (Å²) in [4.78, 5) is 26.1. The summed E-state index contributed by atoms with van der Waals surface area (Å²) in [6.45, 7) is 0. The molecule has 3 atom stereocenters. The van der Waals surface area contributed by atoms with E-state index in [1.54, 1.807) is 12.2 Å². The lowest BCUT2D eigenvalue weighted by Crippen LogP contribution is -2.45. The maximum Gasteiger partial charge on any atom is 0.235 e. The summed E-state index contributed by atoms with van der Waals surface area (Å²) in [5.41, 5.74) is 1.13. The number of benzene rings is 1. The van der Waals surface area contributed by atoms with Crippen LogP contribution < -0.4 is 0 Å². The summed E-state index contributed by atoms with van der Waals surface area (Å²) in [6.07, 6.45) is 5.00. The molecular formula is C17H19NO3. The van der Waals surface area contributed by atoms with E-state index in [1.165, 1.54) is 4.90 Å². The molecule has 1 heterocycles. The molecule has 1 aromatic rings. The zero-order valence-corrected chi connectivity index (χ0v) is 11.8. The molecule has 0 bridgehead atoms. The number of aliphatic hydroxyl groups excluding tert-OH is 1. The fraction of sp³-hybridized carbons (Fsp3) is 0.412. The Kier molecular flexibility index (Phi) is 3.88. The van der Waals surface area contributed by atoms with Crippen molar-refractivity contribution in [3.8, 4) is 0 Å². The van der Waals surface area contributed by atoms with Gasteiger partial charge in [0.2, 0.25) is 11.8 Å². The number of hydrogen-bond acceptors (Lipinski definition) is 3. The number of carbonyl (C=O) groups is 2. The molecule has 0 unspecified atom stereocenters. The fourth-order valence-electron chi connectivity index (χ4n) is 3.19. The van der Waals surface area contributed by atoms with Gasteiger partial charge in [0.25, 0.3) is 0 Å². The minimum atomic E-state index is -0.761. The van der Waals surface area contributed by atoms with E-state index in [1.807, 2.05) is 30.3 Å². The van der Waals surface area contributed by atoms with E-state index >= 15 is 0 Å². The average molecular weight is 285 g/mol. The normalized spacial score (nSPS) is 28.3. The van der Waals surface area contributed by atoms with Gasteiger partial charge < -0.3 is 5.11 Å². The standard InChI is InChI=1S/C17H19NO3/c19-15-8-4-7-14(15)17(21)18-13(9-10-16(18)20)11-12-5-2-1-3-6-12/h1-6,8,13-15,19H,7,9-11H2/t13-,14-,15-/m0/s1. The van der Waals surface area contributed by atoms with Crippen LogP contribution in [0.3, 0.4) is 0 Å². The monoisotopic (exact) mass is 285 g/mol. The van der Waals surface area contributed by atoms with E-state index in [0.29, 0.717) is 25.7 Å². The van der Waals surface area contributed by atoms with Crippen LogP contribution in [0.4, 0.5) is 0 Å². The number of likely N-dealkylation sites (tertiary alicyclic amines) is 1. The Morgan fingerprint density at radius 1 is 1.29 bits per heavy atom. The molecule has 1 N–H and O–H groups in total. The lowest BCUT2D eigenvalue weighted by molar-refractivity contribution is -0.148. The summed E-state index contributed by atoms with van der Waals surface area (Å²) < 4.78 is 0. The molecule has 1 aliphatic carbocycles. The Morgan fingerprint density at radius 2 is 2.05 bits per heavy atom. The molecule has 0 aromatic heterocycles. The largest absolute Gasteiger partial charge is 0.388 e. The number of carbonyl (C=O) groups excluding carboxylic acids is 2. The van der Waals surface area contributed by atoms with Gasteiger partial charge in [0, 0.05) is 12.5 Å². The van der Waals surface area contributed by atoms with E-state index in [4.69, 9.17) is 0 Å². The molecule has 1 aliphatic heterocycles. The van der Waals surface area contributed by atoms with E-state index in [0.717, 1.165) is 5.56 Å². The molecule has 1 saturated heterocycles. The van der Waals surface area contributed by atoms with Crippen LogP contribution >= 0.6 is 0 Å². The highest BCUT2D eigenvalue weighted by Crippen LogP contribution is 2.28. The molecule has 0 saturated carbocycles. The van der Waals surface area contributed by atoms with Gasteiger partial charge in [-0.1, -0.05) is 42.5 Å². The predicted molar refractivity (Wildman–Crippen MR) is 78.3 cm³/mol. The summed E-state index contributed by atoms with van der Waals surface area (Å²) in [6, 6.07) is 9.81. The molecular weight excluding hydrogens is 266 g/mol. The van der Waals surface area contributed by atoms with Crippen LogP contribution in [-0.4, -0.2) is 34.0 Å². The van der Waals surface area contributed by atoms with Crippen molar-refractivity contribution in [1.29, 1.82) is 0 Å². The zero-order valence-electron chi connectivity index (χ0n) is 11.8. The van der Waals surface area contributed by atoms with Crippen molar-refractivity contribution in [2.24, 2.45) is 5.92 Å². The van der Waals surface area contributed by atoms with Crippen LogP contribution in [0.5, 0.6) is 0 Å². The second-order valence-electron chi connectivity index (χ2n) is 5.75. The minimum Gasteiger partial charge on any atom is -0.388 e. The number of hydrogen-bond donors (Lipinski definition) is 1. The highest BCUT2D eigenvalue weighted by molar-refractivity contribution is 5.98. The van der Waals surface area contributed by atoms with Gasteiger partial charge in [-0.2, -0.15) is 0 Å². The first-order valence-corrected chi connectivity index (χ1v) is 7.41. The highest BCUT2D eigenvalue weighted by atomic mass is 16.3. The van der Waals surface area contributed by atoms with Gasteiger partial charge in [-0.25, -0.2) is 0 Å². The Morgan fingerprint density at radius 3 is 2.71 bits per heavy atom. The first-order valence-electron chi connectivity index (χ1n) is 7.41. The fourth-order valence-corrected chi connectivity index (χ4v) is 3.19. The highest BCUT2D eigenvalue weighted by Gasteiger charge is 2.41. The predicted octanol–water partition coefficient (Wildman–Crippen LogP) is 1.68. The topological polar surface area (TPSA) is 57.6 Å². The van der Waals surface area contributed by atoms with E-state index in [-0.39, 0.29) is 17.9 Å². The van der Waals surface area contributed by atoms with Gasteiger partial charge in [0.15, 0.2) is 0 Å². The average Bonchev–Trinajstić information content (AvgIpc) is 3.06. The van der Waals surface area contributed by atoms with Gasteiger partial charge in [0.1, 0.15) is 0 Å².